The van der Waals surface area contributed by atoms with Gasteiger partial charge >= 0.3 is 5.97 Å². The van der Waals surface area contributed by atoms with E-state index in [1.165, 1.54) is 0 Å². The van der Waals surface area contributed by atoms with Crippen LogP contribution in [0.2, 0.25) is 10.0 Å². The van der Waals surface area contributed by atoms with Gasteiger partial charge in [0.1, 0.15) is 0 Å². The number of halogens is 2. The topological polar surface area (TPSA) is 112 Å². The summed E-state index contributed by atoms with van der Waals surface area (Å²) in [6, 6.07) is 11.6. The van der Waals surface area contributed by atoms with Crippen LogP contribution in [0.1, 0.15) is 39.3 Å². The molecule has 3 N–H and O–H groups in total. The summed E-state index contributed by atoms with van der Waals surface area (Å²) in [6.45, 7) is 0.234. The van der Waals surface area contributed by atoms with Crippen molar-refractivity contribution in [3.63, 3.8) is 0 Å². The van der Waals surface area contributed by atoms with E-state index in [-0.39, 0.29) is 17.9 Å². The van der Waals surface area contributed by atoms with Crippen LogP contribution in [0.25, 0.3) is 0 Å². The zero-order valence-electron chi connectivity index (χ0n) is 17.1. The van der Waals surface area contributed by atoms with Crippen molar-refractivity contribution in [1.82, 2.24) is 14.7 Å². The highest BCUT2D eigenvalue weighted by atomic mass is 35.5. The van der Waals surface area contributed by atoms with Crippen LogP contribution in [0.5, 0.6) is 0 Å². The number of carboxylic acids is 1. The van der Waals surface area contributed by atoms with E-state index in [9.17, 15) is 13.2 Å². The van der Waals surface area contributed by atoms with Gasteiger partial charge in [-0.1, -0.05) is 41.4 Å². The molecule has 0 atom stereocenters. The predicted octanol–water partition coefficient (Wildman–Crippen LogP) is 4.25. The van der Waals surface area contributed by atoms with Gasteiger partial charge < -0.3 is 10.1 Å². The average molecular weight is 496 g/mol. The molecule has 10 heteroatoms. The van der Waals surface area contributed by atoms with Gasteiger partial charge in [0.15, 0.2) is 0 Å². The van der Waals surface area contributed by atoms with E-state index in [1.807, 2.05) is 12.1 Å². The third kappa shape index (κ3) is 7.06. The highest BCUT2D eigenvalue weighted by Crippen LogP contribution is 2.23. The highest BCUT2D eigenvalue weighted by molar-refractivity contribution is 7.88. The van der Waals surface area contributed by atoms with Crippen molar-refractivity contribution < 1.29 is 18.3 Å². The van der Waals surface area contributed by atoms with Crippen LogP contribution in [-0.2, 0) is 35.0 Å². The molecular weight excluding hydrogens is 473 g/mol. The number of aryl methyl sites for hydroxylation is 2. The Labute approximate surface area is 196 Å². The van der Waals surface area contributed by atoms with E-state index in [2.05, 4.69) is 14.7 Å². The lowest BCUT2D eigenvalue weighted by atomic mass is 10.0. The van der Waals surface area contributed by atoms with E-state index < -0.39 is 16.0 Å². The first-order valence-corrected chi connectivity index (χ1v) is 12.4. The van der Waals surface area contributed by atoms with Gasteiger partial charge in [0.25, 0.3) is 0 Å². The summed E-state index contributed by atoms with van der Waals surface area (Å²) in [5.41, 5.74) is 3.68. The molecule has 0 unspecified atom stereocenters. The Bertz CT molecular complexity index is 1180. The summed E-state index contributed by atoms with van der Waals surface area (Å²) >= 11 is 11.8. The standard InChI is InChI=1S/C22H23Cl2N3O4S/c23-18-9-6-16(12-19(18)24)13-32(30,31)27-11-10-21-20(25-14-26-21)3-1-2-15-4-7-17(8-5-15)22(28)29/h4-9,12,14,27H,1-3,10-11,13H2,(H,25,26)(H,28,29). The van der Waals surface area contributed by atoms with E-state index in [4.69, 9.17) is 28.3 Å². The summed E-state index contributed by atoms with van der Waals surface area (Å²) in [7, 11) is -3.52. The van der Waals surface area contributed by atoms with E-state index >= 15 is 0 Å². The number of carboxylic acid groups (broad SMARTS) is 1. The van der Waals surface area contributed by atoms with E-state index in [0.29, 0.717) is 22.0 Å². The molecule has 0 bridgehead atoms. The Morgan fingerprint density at radius 1 is 1.00 bits per heavy atom. The molecule has 7 nitrogen and oxygen atoms in total. The number of H-pyrrole nitrogens is 1. The smallest absolute Gasteiger partial charge is 0.335 e. The first kappa shape index (κ1) is 24.3. The van der Waals surface area contributed by atoms with Crippen LogP contribution < -0.4 is 4.72 Å². The molecule has 3 aromatic rings. The first-order valence-electron chi connectivity index (χ1n) is 9.98. The second kappa shape index (κ2) is 11.0. The van der Waals surface area contributed by atoms with Gasteiger partial charge in [-0.05, 0) is 54.7 Å². The predicted molar refractivity (Wildman–Crippen MR) is 125 cm³/mol. The van der Waals surface area contributed by atoms with Crippen molar-refractivity contribution in [2.45, 2.75) is 31.4 Å². The fourth-order valence-corrected chi connectivity index (χ4v) is 4.74. The van der Waals surface area contributed by atoms with Gasteiger partial charge in [0.2, 0.25) is 10.0 Å². The number of sulfonamides is 1. The monoisotopic (exact) mass is 495 g/mol. The second-order valence-electron chi connectivity index (χ2n) is 7.34. The Morgan fingerprint density at radius 3 is 2.41 bits per heavy atom. The van der Waals surface area contributed by atoms with Crippen LogP contribution in [0.15, 0.2) is 48.8 Å². The van der Waals surface area contributed by atoms with Crippen LogP contribution in [0, 0.1) is 0 Å². The van der Waals surface area contributed by atoms with Crippen LogP contribution in [0.3, 0.4) is 0 Å². The third-order valence-electron chi connectivity index (χ3n) is 4.93. The van der Waals surface area contributed by atoms with Gasteiger partial charge in [0.05, 0.1) is 33.4 Å². The number of rotatable bonds is 11. The molecule has 1 heterocycles. The molecule has 0 fully saturated rings. The van der Waals surface area contributed by atoms with Crippen molar-refractivity contribution in [2.75, 3.05) is 6.54 Å². The summed E-state index contributed by atoms with van der Waals surface area (Å²) in [4.78, 5) is 18.4. The van der Waals surface area contributed by atoms with Crippen LogP contribution in [0.4, 0.5) is 0 Å². The molecule has 0 radical (unpaired) electrons. The van der Waals surface area contributed by atoms with Crippen LogP contribution in [-0.4, -0.2) is 36.0 Å². The van der Waals surface area contributed by atoms with Crippen molar-refractivity contribution in [3.8, 4) is 0 Å². The number of nitrogens with one attached hydrogen (secondary N) is 2. The van der Waals surface area contributed by atoms with Crippen molar-refractivity contribution >= 4 is 39.2 Å². The minimum atomic E-state index is -3.52. The molecule has 0 amide bonds. The van der Waals surface area contributed by atoms with Crippen molar-refractivity contribution in [2.24, 2.45) is 0 Å². The number of hydrogen-bond acceptors (Lipinski definition) is 4. The highest BCUT2D eigenvalue weighted by Gasteiger charge is 2.14. The maximum absolute atomic E-state index is 12.4. The fraction of sp³-hybridized carbons (Fsp3) is 0.273. The van der Waals surface area contributed by atoms with Gasteiger partial charge in [-0.2, -0.15) is 0 Å². The quantitative estimate of drug-likeness (QED) is 0.368. The number of nitrogens with zero attached hydrogens (tertiary/aromatic N) is 1. The molecule has 0 aliphatic heterocycles. The molecule has 1 aromatic heterocycles. The summed E-state index contributed by atoms with van der Waals surface area (Å²) in [5.74, 6) is -1.12. The lowest BCUT2D eigenvalue weighted by Gasteiger charge is -2.08. The molecule has 0 saturated heterocycles. The van der Waals surface area contributed by atoms with Gasteiger partial charge in [0, 0.05) is 18.7 Å². The molecule has 32 heavy (non-hydrogen) atoms. The molecule has 0 aliphatic carbocycles. The molecule has 0 aliphatic rings. The Balaban J connectivity index is 1.47. The zero-order valence-corrected chi connectivity index (χ0v) is 19.5. The normalized spacial score (nSPS) is 11.6. The average Bonchev–Trinajstić information content (AvgIpc) is 3.18. The number of imidazole rings is 1. The number of benzene rings is 2. The third-order valence-corrected chi connectivity index (χ3v) is 7.02. The SMILES string of the molecule is O=C(O)c1ccc(CCCc2[nH]cnc2CCNS(=O)(=O)Cc2ccc(Cl)c(Cl)c2)cc1. The number of aromatic amines is 1. The zero-order chi connectivity index (χ0) is 23.1. The maximum Gasteiger partial charge on any atom is 0.335 e. The summed E-state index contributed by atoms with van der Waals surface area (Å²) in [5, 5.41) is 9.66. The van der Waals surface area contributed by atoms with Gasteiger partial charge in [-0.25, -0.2) is 22.9 Å². The Morgan fingerprint density at radius 2 is 1.72 bits per heavy atom. The molecule has 0 spiro atoms. The molecule has 2 aromatic carbocycles. The van der Waals surface area contributed by atoms with Crippen LogP contribution >= 0.6 is 23.2 Å². The summed E-state index contributed by atoms with van der Waals surface area (Å²) < 4.78 is 27.3. The molecule has 0 saturated carbocycles. The van der Waals surface area contributed by atoms with Crippen molar-refractivity contribution in [3.05, 3.63) is 86.9 Å². The summed E-state index contributed by atoms with van der Waals surface area (Å²) in [6.07, 6.45) is 4.48. The lowest BCUT2D eigenvalue weighted by Crippen LogP contribution is -2.27. The van der Waals surface area contributed by atoms with E-state index in [1.54, 1.807) is 36.7 Å². The Kier molecular flexibility index (Phi) is 8.31. The number of carbonyl (C=O) groups is 1. The largest absolute Gasteiger partial charge is 0.478 e. The van der Waals surface area contributed by atoms with E-state index in [0.717, 1.165) is 36.2 Å². The number of aromatic carboxylic acids is 1. The molecule has 170 valence electrons. The van der Waals surface area contributed by atoms with Gasteiger partial charge in [-0.3, -0.25) is 0 Å². The minimum absolute atomic E-state index is 0.183. The Hall–Kier alpha value is -2.39. The maximum atomic E-state index is 12.4. The molecule has 3 rings (SSSR count). The molecular formula is C22H23Cl2N3O4S. The lowest BCUT2D eigenvalue weighted by molar-refractivity contribution is 0.0697. The van der Waals surface area contributed by atoms with Gasteiger partial charge in [-0.15, -0.1) is 0 Å². The van der Waals surface area contributed by atoms with Crippen molar-refractivity contribution in [1.29, 1.82) is 0 Å². The number of aromatic nitrogens is 2. The first-order chi connectivity index (χ1) is 15.2. The second-order valence-corrected chi connectivity index (χ2v) is 9.96. The minimum Gasteiger partial charge on any atom is -0.478 e. The fourth-order valence-electron chi connectivity index (χ4n) is 3.29. The number of hydrogen-bond donors (Lipinski definition) is 3.